The van der Waals surface area contributed by atoms with Crippen LogP contribution in [-0.2, 0) is 9.59 Å². The SMILES string of the molecule is COc1ccc(N2C(=O)/C(=C/c3cc(Br)c(O)c(OC)c3)C(=O)NC2=S)c(OC)c1. The minimum absolute atomic E-state index is 0.0740. The summed E-state index contributed by atoms with van der Waals surface area (Å²) in [5.41, 5.74) is 0.661. The fourth-order valence-electron chi connectivity index (χ4n) is 2.85. The molecular formula is C20H17BrN2O6S. The lowest BCUT2D eigenvalue weighted by molar-refractivity contribution is -0.122. The van der Waals surface area contributed by atoms with E-state index in [1.54, 1.807) is 24.3 Å². The van der Waals surface area contributed by atoms with Crippen molar-refractivity contribution in [2.45, 2.75) is 0 Å². The van der Waals surface area contributed by atoms with Gasteiger partial charge in [-0.3, -0.25) is 14.9 Å². The summed E-state index contributed by atoms with van der Waals surface area (Å²) in [4.78, 5) is 26.9. The Hall–Kier alpha value is -3.11. The Balaban J connectivity index is 2.08. The smallest absolute Gasteiger partial charge is 0.270 e. The van der Waals surface area contributed by atoms with Gasteiger partial charge in [0.1, 0.15) is 17.1 Å². The highest BCUT2D eigenvalue weighted by Gasteiger charge is 2.36. The number of phenols is 1. The van der Waals surface area contributed by atoms with E-state index < -0.39 is 11.8 Å². The molecule has 8 nitrogen and oxygen atoms in total. The van der Waals surface area contributed by atoms with Gasteiger partial charge in [-0.2, -0.15) is 0 Å². The van der Waals surface area contributed by atoms with Gasteiger partial charge < -0.3 is 19.3 Å². The Bertz CT molecular complexity index is 1090. The summed E-state index contributed by atoms with van der Waals surface area (Å²) >= 11 is 8.44. The summed E-state index contributed by atoms with van der Waals surface area (Å²) < 4.78 is 16.0. The third kappa shape index (κ3) is 3.96. The highest BCUT2D eigenvalue weighted by Crippen LogP contribution is 2.37. The first kappa shape index (κ1) is 21.6. The number of hydrogen-bond acceptors (Lipinski definition) is 7. The van der Waals surface area contributed by atoms with E-state index in [1.165, 1.54) is 38.4 Å². The van der Waals surface area contributed by atoms with Crippen LogP contribution < -0.4 is 24.4 Å². The molecule has 3 rings (SSSR count). The number of nitrogens with zero attached hydrogens (tertiary/aromatic N) is 1. The molecule has 0 unspecified atom stereocenters. The number of aromatic hydroxyl groups is 1. The summed E-state index contributed by atoms with van der Waals surface area (Å²) in [5.74, 6) is -0.303. The average Bonchev–Trinajstić information content (AvgIpc) is 2.73. The van der Waals surface area contributed by atoms with E-state index in [-0.39, 0.29) is 22.2 Å². The van der Waals surface area contributed by atoms with Crippen LogP contribution in [0, 0.1) is 0 Å². The van der Waals surface area contributed by atoms with Crippen LogP contribution in [-0.4, -0.2) is 43.4 Å². The summed E-state index contributed by atoms with van der Waals surface area (Å²) in [5, 5.41) is 12.4. The minimum Gasteiger partial charge on any atom is -0.503 e. The number of rotatable bonds is 5. The normalized spacial score (nSPS) is 15.3. The summed E-state index contributed by atoms with van der Waals surface area (Å²) in [6.07, 6.45) is 1.38. The number of halogens is 1. The van der Waals surface area contributed by atoms with Crippen molar-refractivity contribution in [2.24, 2.45) is 0 Å². The third-order valence-electron chi connectivity index (χ3n) is 4.31. The molecule has 2 amide bonds. The van der Waals surface area contributed by atoms with Crippen molar-refractivity contribution in [3.63, 3.8) is 0 Å². The standard InChI is InChI=1S/C20H17BrN2O6S/c1-27-11-4-5-14(15(9-11)28-2)23-19(26)12(18(25)22-20(23)30)6-10-7-13(21)17(24)16(8-10)29-3/h4-9,24H,1-3H3,(H,22,25,30)/b12-6+. The predicted octanol–water partition coefficient (Wildman–Crippen LogP) is 3.01. The molecule has 2 aromatic rings. The Labute approximate surface area is 186 Å². The Kier molecular flexibility index (Phi) is 6.28. The molecule has 0 aliphatic carbocycles. The van der Waals surface area contributed by atoms with Crippen molar-refractivity contribution in [1.82, 2.24) is 5.32 Å². The molecule has 1 aliphatic rings. The summed E-state index contributed by atoms with van der Waals surface area (Å²) in [6.45, 7) is 0. The quantitative estimate of drug-likeness (QED) is 0.376. The maximum absolute atomic E-state index is 13.2. The molecule has 10 heteroatoms. The van der Waals surface area contributed by atoms with E-state index >= 15 is 0 Å². The molecule has 0 radical (unpaired) electrons. The minimum atomic E-state index is -0.642. The number of hydrogen-bond donors (Lipinski definition) is 2. The van der Waals surface area contributed by atoms with Gasteiger partial charge in [0, 0.05) is 6.07 Å². The topological polar surface area (TPSA) is 97.3 Å². The van der Waals surface area contributed by atoms with Gasteiger partial charge in [-0.15, -0.1) is 0 Å². The molecule has 1 saturated heterocycles. The van der Waals surface area contributed by atoms with E-state index in [9.17, 15) is 14.7 Å². The molecule has 0 aromatic heterocycles. The molecule has 2 N–H and O–H groups in total. The zero-order valence-electron chi connectivity index (χ0n) is 16.2. The number of carbonyl (C=O) groups excluding carboxylic acids is 2. The van der Waals surface area contributed by atoms with Gasteiger partial charge in [0.25, 0.3) is 11.8 Å². The lowest BCUT2D eigenvalue weighted by atomic mass is 10.1. The highest BCUT2D eigenvalue weighted by molar-refractivity contribution is 9.10. The van der Waals surface area contributed by atoms with Gasteiger partial charge in [-0.1, -0.05) is 0 Å². The van der Waals surface area contributed by atoms with Crippen LogP contribution in [0.3, 0.4) is 0 Å². The second kappa shape index (κ2) is 8.72. The number of anilines is 1. The molecule has 2 aromatic carbocycles. The fraction of sp³-hybridized carbons (Fsp3) is 0.150. The zero-order valence-corrected chi connectivity index (χ0v) is 18.6. The molecule has 0 saturated carbocycles. The number of ether oxygens (including phenoxy) is 3. The molecule has 1 fully saturated rings. The summed E-state index contributed by atoms with van der Waals surface area (Å²) in [7, 11) is 4.36. The van der Waals surface area contributed by atoms with Gasteiger partial charge in [-0.25, -0.2) is 4.90 Å². The van der Waals surface area contributed by atoms with Crippen molar-refractivity contribution in [3.05, 3.63) is 45.9 Å². The first-order valence-electron chi connectivity index (χ1n) is 8.50. The van der Waals surface area contributed by atoms with E-state index in [1.807, 2.05) is 0 Å². The predicted molar refractivity (Wildman–Crippen MR) is 118 cm³/mol. The van der Waals surface area contributed by atoms with Crippen molar-refractivity contribution in [1.29, 1.82) is 0 Å². The summed E-state index contributed by atoms with van der Waals surface area (Å²) in [6, 6.07) is 7.91. The number of benzene rings is 2. The third-order valence-corrected chi connectivity index (χ3v) is 5.20. The van der Waals surface area contributed by atoms with Crippen LogP contribution in [0.25, 0.3) is 6.08 Å². The second-order valence-electron chi connectivity index (χ2n) is 6.05. The van der Waals surface area contributed by atoms with Gasteiger partial charge in [-0.05, 0) is 64.1 Å². The lowest BCUT2D eigenvalue weighted by Crippen LogP contribution is -2.54. The van der Waals surface area contributed by atoms with Crippen LogP contribution in [0.1, 0.15) is 5.56 Å². The van der Waals surface area contributed by atoms with Crippen molar-refractivity contribution in [3.8, 4) is 23.0 Å². The lowest BCUT2D eigenvalue weighted by Gasteiger charge is -2.30. The average molecular weight is 493 g/mol. The maximum Gasteiger partial charge on any atom is 0.270 e. The first-order chi connectivity index (χ1) is 14.3. The second-order valence-corrected chi connectivity index (χ2v) is 7.29. The Morgan fingerprint density at radius 3 is 2.40 bits per heavy atom. The number of methoxy groups -OCH3 is 3. The number of thiocarbonyl (C=S) groups is 1. The largest absolute Gasteiger partial charge is 0.503 e. The van der Waals surface area contributed by atoms with Crippen LogP contribution >= 0.6 is 28.1 Å². The van der Waals surface area contributed by atoms with Gasteiger partial charge >= 0.3 is 0 Å². The molecule has 0 bridgehead atoms. The van der Waals surface area contributed by atoms with Crippen molar-refractivity contribution in [2.75, 3.05) is 26.2 Å². The van der Waals surface area contributed by atoms with Gasteiger partial charge in [0.2, 0.25) is 0 Å². The van der Waals surface area contributed by atoms with Crippen molar-refractivity contribution >= 4 is 56.8 Å². The Morgan fingerprint density at radius 1 is 1.07 bits per heavy atom. The molecule has 30 heavy (non-hydrogen) atoms. The molecule has 0 spiro atoms. The Morgan fingerprint density at radius 2 is 1.77 bits per heavy atom. The van der Waals surface area contributed by atoms with E-state index in [2.05, 4.69) is 21.2 Å². The van der Waals surface area contributed by atoms with E-state index in [4.69, 9.17) is 26.4 Å². The van der Waals surface area contributed by atoms with Gasteiger partial charge in [0.15, 0.2) is 16.6 Å². The van der Waals surface area contributed by atoms with Crippen molar-refractivity contribution < 1.29 is 28.9 Å². The van der Waals surface area contributed by atoms with Crippen LogP contribution in [0.5, 0.6) is 23.0 Å². The van der Waals surface area contributed by atoms with Crippen LogP contribution in [0.15, 0.2) is 40.4 Å². The number of phenolic OH excluding ortho intramolecular Hbond substituents is 1. The maximum atomic E-state index is 13.2. The number of carbonyl (C=O) groups is 2. The van der Waals surface area contributed by atoms with E-state index in [0.717, 1.165) is 0 Å². The highest BCUT2D eigenvalue weighted by atomic mass is 79.9. The molecular weight excluding hydrogens is 476 g/mol. The fourth-order valence-corrected chi connectivity index (χ4v) is 3.58. The molecule has 156 valence electrons. The monoisotopic (exact) mass is 492 g/mol. The first-order valence-corrected chi connectivity index (χ1v) is 9.70. The number of amides is 2. The van der Waals surface area contributed by atoms with Crippen LogP contribution in [0.2, 0.25) is 0 Å². The molecule has 0 atom stereocenters. The van der Waals surface area contributed by atoms with E-state index in [0.29, 0.717) is 27.2 Å². The molecule has 1 aliphatic heterocycles. The van der Waals surface area contributed by atoms with Crippen LogP contribution in [0.4, 0.5) is 5.69 Å². The number of nitrogens with one attached hydrogen (secondary N) is 1. The van der Waals surface area contributed by atoms with Gasteiger partial charge in [0.05, 0.1) is 31.5 Å². The zero-order chi connectivity index (χ0) is 22.0. The molecule has 1 heterocycles.